The third kappa shape index (κ3) is 2.71. The Balaban J connectivity index is 2.06. The van der Waals surface area contributed by atoms with E-state index in [9.17, 15) is 4.79 Å². The Morgan fingerprint density at radius 2 is 2.22 bits per heavy atom. The zero-order valence-electron chi connectivity index (χ0n) is 10.2. The summed E-state index contributed by atoms with van der Waals surface area (Å²) in [5.74, 6) is 0.565. The van der Waals surface area contributed by atoms with E-state index >= 15 is 0 Å². The van der Waals surface area contributed by atoms with E-state index in [1.807, 2.05) is 13.8 Å². The molecule has 18 heavy (non-hydrogen) atoms. The smallest absolute Gasteiger partial charge is 0.251 e. The van der Waals surface area contributed by atoms with Crippen molar-refractivity contribution in [1.29, 1.82) is 0 Å². The number of rotatable bonds is 3. The van der Waals surface area contributed by atoms with Crippen LogP contribution in [0, 0.1) is 13.8 Å². The Kier molecular flexibility index (Phi) is 3.67. The van der Waals surface area contributed by atoms with Crippen LogP contribution < -0.4 is 5.32 Å². The fourth-order valence-electron chi connectivity index (χ4n) is 1.64. The topological polar surface area (TPSA) is 55.1 Å². The average Bonchev–Trinajstić information content (AvgIpc) is 2.72. The molecule has 0 saturated carbocycles. The van der Waals surface area contributed by atoms with E-state index in [1.165, 1.54) is 6.39 Å². The number of aromatic nitrogens is 1. The summed E-state index contributed by atoms with van der Waals surface area (Å²) in [7, 11) is 0. The summed E-state index contributed by atoms with van der Waals surface area (Å²) < 4.78 is 5.06. The van der Waals surface area contributed by atoms with Crippen LogP contribution >= 0.6 is 11.6 Å². The Morgan fingerprint density at radius 3 is 2.83 bits per heavy atom. The molecule has 1 N–H and O–H groups in total. The van der Waals surface area contributed by atoms with Crippen LogP contribution in [-0.2, 0) is 6.54 Å². The van der Waals surface area contributed by atoms with Crippen LogP contribution in [-0.4, -0.2) is 10.9 Å². The summed E-state index contributed by atoms with van der Waals surface area (Å²) >= 11 is 5.85. The predicted octanol–water partition coefficient (Wildman–Crippen LogP) is 2.87. The third-order valence-corrected chi connectivity index (χ3v) is 2.93. The van der Waals surface area contributed by atoms with Gasteiger partial charge in [-0.2, -0.15) is 0 Å². The first-order valence-corrected chi connectivity index (χ1v) is 5.89. The van der Waals surface area contributed by atoms with E-state index in [4.69, 9.17) is 16.0 Å². The van der Waals surface area contributed by atoms with Crippen molar-refractivity contribution in [2.24, 2.45) is 0 Å². The van der Waals surface area contributed by atoms with Gasteiger partial charge >= 0.3 is 0 Å². The number of amides is 1. The first kappa shape index (κ1) is 12.6. The van der Waals surface area contributed by atoms with Crippen LogP contribution in [0.2, 0.25) is 5.02 Å². The molecule has 0 aliphatic rings. The number of aryl methyl sites for hydroxylation is 2. The summed E-state index contributed by atoms with van der Waals surface area (Å²) in [6.45, 7) is 4.01. The van der Waals surface area contributed by atoms with Crippen molar-refractivity contribution >= 4 is 17.5 Å². The zero-order valence-corrected chi connectivity index (χ0v) is 10.9. The highest BCUT2D eigenvalue weighted by molar-refractivity contribution is 6.30. The van der Waals surface area contributed by atoms with Gasteiger partial charge in [-0.3, -0.25) is 4.79 Å². The molecule has 1 aromatic carbocycles. The molecule has 0 aliphatic carbocycles. The molecule has 94 valence electrons. The van der Waals surface area contributed by atoms with Gasteiger partial charge in [0.1, 0.15) is 11.5 Å². The summed E-state index contributed by atoms with van der Waals surface area (Å²) in [4.78, 5) is 16.0. The molecule has 0 aliphatic heterocycles. The fourth-order valence-corrected chi connectivity index (χ4v) is 1.87. The monoisotopic (exact) mass is 264 g/mol. The molecule has 1 aromatic heterocycles. The van der Waals surface area contributed by atoms with Crippen LogP contribution in [0.3, 0.4) is 0 Å². The predicted molar refractivity (Wildman–Crippen MR) is 68.6 cm³/mol. The summed E-state index contributed by atoms with van der Waals surface area (Å²) in [5, 5.41) is 3.42. The number of nitrogens with one attached hydrogen (secondary N) is 1. The largest absolute Gasteiger partial charge is 0.448 e. The molecular weight excluding hydrogens is 252 g/mol. The zero-order chi connectivity index (χ0) is 13.1. The Hall–Kier alpha value is -1.81. The first-order chi connectivity index (χ1) is 8.58. The molecule has 2 aromatic rings. The number of carbonyl (C=O) groups excluding carboxylic acids is 1. The second kappa shape index (κ2) is 5.23. The number of carbonyl (C=O) groups is 1. The summed E-state index contributed by atoms with van der Waals surface area (Å²) in [5.41, 5.74) is 2.19. The lowest BCUT2D eigenvalue weighted by atomic mass is 10.1. The Morgan fingerprint density at radius 1 is 1.44 bits per heavy atom. The molecule has 0 bridgehead atoms. The molecule has 0 unspecified atom stereocenters. The average molecular weight is 265 g/mol. The van der Waals surface area contributed by atoms with Crippen molar-refractivity contribution in [3.8, 4) is 0 Å². The van der Waals surface area contributed by atoms with Crippen molar-refractivity contribution in [2.75, 3.05) is 0 Å². The quantitative estimate of drug-likeness (QED) is 0.927. The lowest BCUT2D eigenvalue weighted by Crippen LogP contribution is -2.24. The highest BCUT2D eigenvalue weighted by Gasteiger charge is 2.10. The van der Waals surface area contributed by atoms with Crippen molar-refractivity contribution in [1.82, 2.24) is 10.3 Å². The van der Waals surface area contributed by atoms with Crippen LogP contribution in [0.15, 0.2) is 29.0 Å². The number of nitrogens with zero attached hydrogens (tertiary/aromatic N) is 1. The number of benzene rings is 1. The molecule has 0 radical (unpaired) electrons. The van der Waals surface area contributed by atoms with Crippen LogP contribution in [0.5, 0.6) is 0 Å². The summed E-state index contributed by atoms with van der Waals surface area (Å²) in [6, 6.07) is 5.17. The lowest BCUT2D eigenvalue weighted by Gasteiger charge is -2.07. The second-order valence-corrected chi connectivity index (χ2v) is 4.43. The van der Waals surface area contributed by atoms with Gasteiger partial charge in [0.05, 0.1) is 6.54 Å². The van der Waals surface area contributed by atoms with Gasteiger partial charge in [0.2, 0.25) is 0 Å². The van der Waals surface area contributed by atoms with Crippen LogP contribution in [0.25, 0.3) is 0 Å². The van der Waals surface area contributed by atoms with Crippen molar-refractivity contribution in [2.45, 2.75) is 20.4 Å². The van der Waals surface area contributed by atoms with E-state index in [0.717, 1.165) is 11.3 Å². The van der Waals surface area contributed by atoms with E-state index in [-0.39, 0.29) is 5.91 Å². The minimum Gasteiger partial charge on any atom is -0.448 e. The van der Waals surface area contributed by atoms with Crippen LogP contribution in [0.1, 0.15) is 27.4 Å². The SMILES string of the molecule is Cc1cc(Cl)ccc1C(=O)NCc1ncoc1C. The van der Waals surface area contributed by atoms with Crippen molar-refractivity contribution in [3.63, 3.8) is 0 Å². The van der Waals surface area contributed by atoms with Gasteiger partial charge in [0.25, 0.3) is 5.91 Å². The minimum atomic E-state index is -0.147. The Labute approximate surface area is 110 Å². The first-order valence-electron chi connectivity index (χ1n) is 5.51. The molecule has 5 heteroatoms. The van der Waals surface area contributed by atoms with Gasteiger partial charge in [-0.1, -0.05) is 11.6 Å². The van der Waals surface area contributed by atoms with E-state index in [1.54, 1.807) is 18.2 Å². The van der Waals surface area contributed by atoms with E-state index < -0.39 is 0 Å². The van der Waals surface area contributed by atoms with Gasteiger partial charge in [-0.05, 0) is 37.6 Å². The molecule has 0 saturated heterocycles. The van der Waals surface area contributed by atoms with Crippen molar-refractivity contribution in [3.05, 3.63) is 52.2 Å². The van der Waals surface area contributed by atoms with Gasteiger partial charge in [0.15, 0.2) is 6.39 Å². The third-order valence-electron chi connectivity index (χ3n) is 2.69. The normalized spacial score (nSPS) is 10.4. The van der Waals surface area contributed by atoms with Gasteiger partial charge < -0.3 is 9.73 Å². The van der Waals surface area contributed by atoms with Gasteiger partial charge in [-0.25, -0.2) is 4.98 Å². The van der Waals surface area contributed by atoms with E-state index in [2.05, 4.69) is 10.3 Å². The second-order valence-electron chi connectivity index (χ2n) is 4.00. The summed E-state index contributed by atoms with van der Waals surface area (Å²) in [6.07, 6.45) is 1.37. The highest BCUT2D eigenvalue weighted by Crippen LogP contribution is 2.15. The Bertz CT molecular complexity index is 578. The molecule has 0 fully saturated rings. The molecule has 4 nitrogen and oxygen atoms in total. The van der Waals surface area contributed by atoms with Gasteiger partial charge in [-0.15, -0.1) is 0 Å². The maximum atomic E-state index is 12.0. The fraction of sp³-hybridized carbons (Fsp3) is 0.231. The number of oxazole rings is 1. The maximum Gasteiger partial charge on any atom is 0.251 e. The highest BCUT2D eigenvalue weighted by atomic mass is 35.5. The van der Waals surface area contributed by atoms with Crippen LogP contribution in [0.4, 0.5) is 0 Å². The standard InChI is InChI=1S/C13H13ClN2O2/c1-8-5-10(14)3-4-11(8)13(17)15-6-12-9(2)18-7-16-12/h3-5,7H,6H2,1-2H3,(H,15,17). The van der Waals surface area contributed by atoms with Crippen molar-refractivity contribution < 1.29 is 9.21 Å². The molecule has 0 spiro atoms. The molecule has 0 atom stereocenters. The van der Waals surface area contributed by atoms with Gasteiger partial charge in [0, 0.05) is 10.6 Å². The molecular formula is C13H13ClN2O2. The number of halogens is 1. The molecule has 1 heterocycles. The van der Waals surface area contributed by atoms with E-state index in [0.29, 0.717) is 22.9 Å². The number of hydrogen-bond donors (Lipinski definition) is 1. The molecule has 2 rings (SSSR count). The maximum absolute atomic E-state index is 12.0. The molecule has 1 amide bonds. The minimum absolute atomic E-state index is 0.147. The number of hydrogen-bond acceptors (Lipinski definition) is 3. The lowest BCUT2D eigenvalue weighted by molar-refractivity contribution is 0.0950.